The molecule has 8 nitrogen and oxygen atoms in total. The minimum atomic E-state index is -1.18. The van der Waals surface area contributed by atoms with Gasteiger partial charge in [-0.2, -0.15) is 0 Å². The van der Waals surface area contributed by atoms with E-state index in [0.717, 1.165) is 37.3 Å². The van der Waals surface area contributed by atoms with Crippen LogP contribution in [0.3, 0.4) is 0 Å². The average molecular weight is 674 g/mol. The minimum Gasteiger partial charge on any atom is -0.489 e. The number of carboxylic acids is 1. The Balaban J connectivity index is 1.28. The number of nitrogens with zero attached hydrogens (tertiary/aromatic N) is 1. The minimum absolute atomic E-state index is 0.00156. The van der Waals surface area contributed by atoms with E-state index in [4.69, 9.17) is 27.9 Å². The third-order valence-electron chi connectivity index (χ3n) is 9.66. The van der Waals surface area contributed by atoms with E-state index in [0.29, 0.717) is 28.8 Å². The molecule has 2 aliphatic heterocycles. The number of aromatic nitrogens is 1. The van der Waals surface area contributed by atoms with Crippen molar-refractivity contribution in [3.05, 3.63) is 78.2 Å². The molecular weight excluding hydrogens is 643 g/mol. The molecule has 4 aliphatic rings. The first kappa shape index (κ1) is 29.9. The molecule has 3 heterocycles. The number of nitrogens with one attached hydrogen (secondary N) is 1. The fraction of sp³-hybridized carbons (Fsp3) is 0.438. The van der Waals surface area contributed by atoms with Crippen molar-refractivity contribution in [2.45, 2.75) is 55.5 Å². The number of amides is 2. The topological polar surface area (TPSA) is 117 Å². The van der Waals surface area contributed by atoms with Crippen LogP contribution in [0.25, 0.3) is 0 Å². The molecule has 2 bridgehead atoms. The van der Waals surface area contributed by atoms with Crippen LogP contribution >= 0.6 is 46.3 Å². The highest BCUT2D eigenvalue weighted by Gasteiger charge is 2.70. The Morgan fingerprint density at radius 1 is 1.05 bits per heavy atom. The summed E-state index contributed by atoms with van der Waals surface area (Å²) in [6, 6.07) is 11.7. The van der Waals surface area contributed by atoms with E-state index in [2.05, 4.69) is 4.98 Å². The normalized spacial score (nSPS) is 29.1. The van der Waals surface area contributed by atoms with Crippen molar-refractivity contribution in [1.29, 1.82) is 0 Å². The van der Waals surface area contributed by atoms with Crippen LogP contribution in [0, 0.1) is 35.5 Å². The number of rotatable bonds is 8. The molecular formula is C32H30Cl2N2O6S2. The maximum atomic E-state index is 14.0. The van der Waals surface area contributed by atoms with Crippen molar-refractivity contribution in [3.8, 4) is 5.75 Å². The molecule has 0 radical (unpaired) electrons. The molecule has 1 aromatic heterocycles. The van der Waals surface area contributed by atoms with Crippen molar-refractivity contribution in [2.75, 3.05) is 0 Å². The molecule has 2 aliphatic carbocycles. The fourth-order valence-electron chi connectivity index (χ4n) is 8.09. The highest BCUT2D eigenvalue weighted by molar-refractivity contribution is 8.00. The molecule has 230 valence electrons. The summed E-state index contributed by atoms with van der Waals surface area (Å²) in [5.41, 5.74) is 1.77. The first-order chi connectivity index (χ1) is 21.0. The van der Waals surface area contributed by atoms with E-state index in [1.54, 1.807) is 30.0 Å². The predicted octanol–water partition coefficient (Wildman–Crippen LogP) is 6.29. The van der Waals surface area contributed by atoms with Gasteiger partial charge in [-0.25, -0.2) is 4.79 Å². The third-order valence-corrected chi connectivity index (χ3v) is 12.7. The summed E-state index contributed by atoms with van der Waals surface area (Å²) in [5.74, 6) is -3.05. The second-order valence-electron chi connectivity index (χ2n) is 12.6. The number of thiazole rings is 1. The van der Waals surface area contributed by atoms with Crippen LogP contribution < -0.4 is 9.61 Å². The molecule has 2 saturated carbocycles. The van der Waals surface area contributed by atoms with Crippen LogP contribution in [0.1, 0.15) is 48.6 Å². The van der Waals surface area contributed by atoms with Crippen LogP contribution in [0.4, 0.5) is 0 Å². The van der Waals surface area contributed by atoms with Gasteiger partial charge in [0.1, 0.15) is 18.4 Å². The number of halogens is 2. The lowest BCUT2D eigenvalue weighted by Crippen LogP contribution is -2.47. The molecule has 0 spiro atoms. The monoisotopic (exact) mass is 672 g/mol. The van der Waals surface area contributed by atoms with Gasteiger partial charge in [0.05, 0.1) is 16.9 Å². The fourth-order valence-corrected chi connectivity index (χ4v) is 11.3. The smallest absolute Gasteiger partial charge is 0.326 e. The maximum absolute atomic E-state index is 14.0. The Bertz CT molecular complexity index is 1720. The summed E-state index contributed by atoms with van der Waals surface area (Å²) >= 11 is 15.4. The van der Waals surface area contributed by atoms with E-state index in [1.807, 2.05) is 38.1 Å². The molecule has 7 unspecified atom stereocenters. The van der Waals surface area contributed by atoms with Gasteiger partial charge >= 0.3 is 10.8 Å². The number of fused-ring (bicyclic) bond motifs is 9. The van der Waals surface area contributed by atoms with Crippen molar-refractivity contribution in [1.82, 2.24) is 9.88 Å². The Kier molecular flexibility index (Phi) is 7.63. The Hall–Kier alpha value is -2.79. The quantitative estimate of drug-likeness (QED) is 0.270. The molecule has 3 aromatic rings. The van der Waals surface area contributed by atoms with Crippen LogP contribution in [-0.2, 0) is 21.0 Å². The van der Waals surface area contributed by atoms with E-state index < -0.39 is 23.8 Å². The van der Waals surface area contributed by atoms with Gasteiger partial charge in [0.25, 0.3) is 0 Å². The lowest BCUT2D eigenvalue weighted by Gasteiger charge is -2.43. The highest BCUT2D eigenvalue weighted by atomic mass is 35.5. The van der Waals surface area contributed by atoms with E-state index in [1.165, 1.54) is 0 Å². The number of hydrogen-bond acceptors (Lipinski definition) is 7. The number of thioether (sulfide) groups is 1. The zero-order valence-corrected chi connectivity index (χ0v) is 27.0. The van der Waals surface area contributed by atoms with Crippen LogP contribution in [0.2, 0.25) is 10.0 Å². The number of carbonyl (C=O) groups excluding carboxylic acids is 2. The lowest BCUT2D eigenvalue weighted by atomic mass is 9.68. The largest absolute Gasteiger partial charge is 0.489 e. The van der Waals surface area contributed by atoms with Gasteiger partial charge in [0.15, 0.2) is 0 Å². The van der Waals surface area contributed by atoms with Gasteiger partial charge in [-0.1, -0.05) is 60.5 Å². The van der Waals surface area contributed by atoms with Crippen molar-refractivity contribution < 1.29 is 24.2 Å². The van der Waals surface area contributed by atoms with E-state index >= 15 is 0 Å². The molecule has 12 heteroatoms. The molecule has 1 saturated heterocycles. The zero-order valence-electron chi connectivity index (χ0n) is 23.9. The molecule has 7 rings (SSSR count). The Morgan fingerprint density at radius 2 is 1.73 bits per heavy atom. The summed E-state index contributed by atoms with van der Waals surface area (Å²) < 4.78 is 6.37. The van der Waals surface area contributed by atoms with Gasteiger partial charge in [0, 0.05) is 31.7 Å². The summed E-state index contributed by atoms with van der Waals surface area (Å²) in [5, 5.41) is 11.9. The number of H-pyrrole nitrogens is 1. The van der Waals surface area contributed by atoms with Crippen LogP contribution in [-0.4, -0.2) is 44.1 Å². The average Bonchev–Trinajstić information content (AvgIpc) is 3.70. The van der Waals surface area contributed by atoms with Crippen molar-refractivity contribution in [2.24, 2.45) is 35.5 Å². The number of benzene rings is 2. The standard InChI is InChI=1S/C32H30Cl2N2O6S2/c1-13(2)9-20(31(39)40)36-29(37)24-18-11-19(25(24)30(36)38)26-23(18)22(27-28(43-26)35-32(41)44-27)17-10-16(34)7-8-21(17)42-12-14-3-5-15(33)6-4-14/h3-8,10,13,18-20,22-26H,9,11-12H2,1-2H3,(H,35,41)(H,39,40)/t18?,19?,20?,22-,23?,24?,25?,26?/m1/s1. The number of likely N-dealkylation sites (tertiary alicyclic amines) is 1. The Morgan fingerprint density at radius 3 is 2.41 bits per heavy atom. The SMILES string of the molecule is CC(C)CC(C(=O)O)N1C(=O)C2C3CC(C2C1=O)C1C3Sc2[nH]c(=O)sc2[C@@H]1c1cc(Cl)ccc1OCc1ccc(Cl)cc1. The van der Waals surface area contributed by atoms with Gasteiger partial charge < -0.3 is 14.8 Å². The third kappa shape index (κ3) is 4.80. The van der Waals surface area contributed by atoms with E-state index in [-0.39, 0.29) is 57.9 Å². The molecule has 2 aromatic carbocycles. The van der Waals surface area contributed by atoms with Gasteiger partial charge in [-0.05, 0) is 72.4 Å². The number of aromatic amines is 1. The van der Waals surface area contributed by atoms with Gasteiger partial charge in [-0.3, -0.25) is 19.3 Å². The summed E-state index contributed by atoms with van der Waals surface area (Å²) in [4.78, 5) is 57.6. The van der Waals surface area contributed by atoms with Crippen molar-refractivity contribution in [3.63, 3.8) is 0 Å². The number of imide groups is 1. The second-order valence-corrected chi connectivity index (χ2v) is 15.7. The zero-order chi connectivity index (χ0) is 31.0. The molecule has 2 N–H and O–H groups in total. The van der Waals surface area contributed by atoms with Crippen LogP contribution in [0.15, 0.2) is 52.3 Å². The first-order valence-electron chi connectivity index (χ1n) is 14.7. The highest BCUT2D eigenvalue weighted by Crippen LogP contribution is 2.69. The number of ether oxygens (including phenoxy) is 1. The van der Waals surface area contributed by atoms with Gasteiger partial charge in [0.2, 0.25) is 11.8 Å². The second kappa shape index (κ2) is 11.2. The summed E-state index contributed by atoms with van der Waals surface area (Å²) in [7, 11) is 0. The lowest BCUT2D eigenvalue weighted by molar-refractivity contribution is -0.156. The summed E-state index contributed by atoms with van der Waals surface area (Å²) in [6.45, 7) is 4.07. The van der Waals surface area contributed by atoms with Crippen LogP contribution in [0.5, 0.6) is 5.75 Å². The predicted molar refractivity (Wildman–Crippen MR) is 168 cm³/mol. The van der Waals surface area contributed by atoms with Crippen molar-refractivity contribution >= 4 is 64.1 Å². The van der Waals surface area contributed by atoms with Gasteiger partial charge in [-0.15, -0.1) is 11.8 Å². The number of aliphatic carboxylic acids is 1. The maximum Gasteiger partial charge on any atom is 0.326 e. The molecule has 44 heavy (non-hydrogen) atoms. The molecule has 2 amide bonds. The molecule has 3 fully saturated rings. The number of carboxylic acid groups (broad SMARTS) is 1. The number of carbonyl (C=O) groups is 3. The van der Waals surface area contributed by atoms with E-state index in [9.17, 15) is 24.3 Å². The molecule has 8 atom stereocenters. The Labute approximate surface area is 272 Å². The first-order valence-corrected chi connectivity index (χ1v) is 17.1. The number of hydrogen-bond donors (Lipinski definition) is 2. The summed E-state index contributed by atoms with van der Waals surface area (Å²) in [6.07, 6.45) is 0.906.